The van der Waals surface area contributed by atoms with Crippen molar-refractivity contribution >= 4 is 29.9 Å². The van der Waals surface area contributed by atoms with Crippen LogP contribution in [0, 0.1) is 6.92 Å². The van der Waals surface area contributed by atoms with Gasteiger partial charge in [0.2, 0.25) is 0 Å². The molecule has 0 amide bonds. The molecule has 0 aromatic heterocycles. The van der Waals surface area contributed by atoms with Crippen molar-refractivity contribution in [3.8, 4) is 0 Å². The van der Waals surface area contributed by atoms with E-state index in [2.05, 4.69) is 49.2 Å². The summed E-state index contributed by atoms with van der Waals surface area (Å²) in [6.07, 6.45) is 8.35. The van der Waals surface area contributed by atoms with Gasteiger partial charge in [0, 0.05) is 29.2 Å². The van der Waals surface area contributed by atoms with Gasteiger partial charge >= 0.3 is 0 Å². The molecule has 1 aliphatic rings. The lowest BCUT2D eigenvalue weighted by atomic mass is 9.87. The highest BCUT2D eigenvalue weighted by Gasteiger charge is 2.28. The summed E-state index contributed by atoms with van der Waals surface area (Å²) >= 11 is 6.28. The maximum absolute atomic E-state index is 11.6. The maximum atomic E-state index is 11.6. The Morgan fingerprint density at radius 3 is 2.65 bits per heavy atom. The molecule has 0 saturated heterocycles. The van der Waals surface area contributed by atoms with Crippen molar-refractivity contribution in [2.75, 3.05) is 13.6 Å². The number of hydrogen-bond acceptors (Lipinski definition) is 4. The molecule has 0 radical (unpaired) electrons. The third kappa shape index (κ3) is 6.58. The van der Waals surface area contributed by atoms with Crippen molar-refractivity contribution < 1.29 is 9.59 Å². The van der Waals surface area contributed by atoms with E-state index < -0.39 is 0 Å². The van der Waals surface area contributed by atoms with Crippen molar-refractivity contribution in [1.29, 1.82) is 0 Å². The first-order valence-corrected chi connectivity index (χ1v) is 12.7. The summed E-state index contributed by atoms with van der Waals surface area (Å²) in [4.78, 5) is 24.4. The van der Waals surface area contributed by atoms with Crippen LogP contribution in [-0.4, -0.2) is 37.1 Å². The van der Waals surface area contributed by atoms with Crippen molar-refractivity contribution in [1.82, 2.24) is 10.2 Å². The molecular weight excluding hydrogens is 444 g/mol. The van der Waals surface area contributed by atoms with Crippen LogP contribution >= 0.6 is 11.6 Å². The summed E-state index contributed by atoms with van der Waals surface area (Å²) in [5.41, 5.74) is 7.02. The lowest BCUT2D eigenvalue weighted by molar-refractivity contribution is -0.112. The van der Waals surface area contributed by atoms with Gasteiger partial charge in [-0.3, -0.25) is 0 Å². The average Bonchev–Trinajstić information content (AvgIpc) is 3.16. The predicted octanol–water partition coefficient (Wildman–Crippen LogP) is 6.09. The number of halogens is 1. The summed E-state index contributed by atoms with van der Waals surface area (Å²) in [5.74, 6) is 0.496. The summed E-state index contributed by atoms with van der Waals surface area (Å²) in [7, 11) is 2.00. The van der Waals surface area contributed by atoms with Gasteiger partial charge in [0.05, 0.1) is 6.04 Å². The number of nitrogens with zero attached hydrogens (tertiary/aromatic N) is 1. The summed E-state index contributed by atoms with van der Waals surface area (Å²) < 4.78 is 0. The van der Waals surface area contributed by atoms with Gasteiger partial charge in [-0.05, 0) is 86.9 Å². The molecule has 0 fully saturated rings. The van der Waals surface area contributed by atoms with Gasteiger partial charge in [0.25, 0.3) is 0 Å². The Hall–Kier alpha value is -2.43. The number of aldehydes is 2. The van der Waals surface area contributed by atoms with Crippen molar-refractivity contribution in [3.05, 3.63) is 75.8 Å². The van der Waals surface area contributed by atoms with E-state index in [1.165, 1.54) is 29.5 Å². The molecule has 5 heteroatoms. The third-order valence-electron chi connectivity index (χ3n) is 6.97. The molecule has 182 valence electrons. The second kappa shape index (κ2) is 12.9. The zero-order valence-electron chi connectivity index (χ0n) is 20.5. The van der Waals surface area contributed by atoms with Crippen LogP contribution in [0.15, 0.2) is 43.0 Å². The fraction of sp³-hybridized carbons (Fsp3) is 0.448. The highest BCUT2D eigenvalue weighted by molar-refractivity contribution is 6.31. The van der Waals surface area contributed by atoms with E-state index in [0.717, 1.165) is 60.2 Å². The molecule has 1 N–H and O–H groups in total. The van der Waals surface area contributed by atoms with Crippen LogP contribution in [0.2, 0.25) is 5.02 Å². The Kier molecular flexibility index (Phi) is 9.91. The van der Waals surface area contributed by atoms with Crippen LogP contribution in [0.1, 0.15) is 72.3 Å². The second-order valence-corrected chi connectivity index (χ2v) is 9.76. The molecular formula is C29H37ClN2O2. The van der Waals surface area contributed by atoms with Crippen molar-refractivity contribution in [3.63, 3.8) is 0 Å². The number of aryl methyl sites for hydroxylation is 2. The van der Waals surface area contributed by atoms with Crippen LogP contribution in [0.25, 0.3) is 5.70 Å². The molecule has 0 bridgehead atoms. The van der Waals surface area contributed by atoms with E-state index in [0.29, 0.717) is 25.3 Å². The zero-order chi connectivity index (χ0) is 24.5. The first kappa shape index (κ1) is 26.2. The standard InChI is InChI=1S/C29H37ClN2O2/c1-21-17-25(12-14-29(21)30)24(7-4-5-15-31-3)11-9-23-10-13-28-22(2)32(19-26(28)18-23)27(20-34)8-6-16-33/h10,12-14,16-18,20,24,27,31H,2,4-9,11,15,19H2,1,3H3. The van der Waals surface area contributed by atoms with Crippen molar-refractivity contribution in [2.24, 2.45) is 0 Å². The van der Waals surface area contributed by atoms with Gasteiger partial charge in [-0.15, -0.1) is 0 Å². The van der Waals surface area contributed by atoms with Gasteiger partial charge in [0.15, 0.2) is 0 Å². The van der Waals surface area contributed by atoms with Gasteiger partial charge in [-0.25, -0.2) is 0 Å². The Morgan fingerprint density at radius 2 is 1.94 bits per heavy atom. The lowest BCUT2D eigenvalue weighted by Gasteiger charge is -2.25. The molecule has 4 nitrogen and oxygen atoms in total. The summed E-state index contributed by atoms with van der Waals surface area (Å²) in [5, 5.41) is 4.06. The highest BCUT2D eigenvalue weighted by atomic mass is 35.5. The van der Waals surface area contributed by atoms with Crippen LogP contribution in [0.4, 0.5) is 0 Å². The van der Waals surface area contributed by atoms with Gasteiger partial charge < -0.3 is 19.8 Å². The Morgan fingerprint density at radius 1 is 1.12 bits per heavy atom. The minimum atomic E-state index is -0.302. The van der Waals surface area contributed by atoms with E-state index >= 15 is 0 Å². The number of unbranched alkanes of at least 4 members (excludes halogenated alkanes) is 1. The number of rotatable bonds is 14. The SMILES string of the molecule is C=C1c2ccc(CCC(CCCCNC)c3ccc(Cl)c(C)c3)cc2CN1C(C=O)CCC=O. The van der Waals surface area contributed by atoms with E-state index in [1.54, 1.807) is 0 Å². The molecule has 1 aliphatic heterocycles. The minimum Gasteiger partial charge on any atom is -0.357 e. The van der Waals surface area contributed by atoms with Gasteiger partial charge in [0.1, 0.15) is 12.6 Å². The number of carbonyl (C=O) groups is 2. The fourth-order valence-corrected chi connectivity index (χ4v) is 5.05. The first-order chi connectivity index (χ1) is 16.5. The quantitative estimate of drug-likeness (QED) is 0.262. The number of hydrogen-bond donors (Lipinski definition) is 1. The normalized spacial score (nSPS) is 14.7. The van der Waals surface area contributed by atoms with Crippen LogP contribution in [-0.2, 0) is 22.6 Å². The number of benzene rings is 2. The molecule has 0 aliphatic carbocycles. The van der Waals surface area contributed by atoms with E-state index in [1.807, 2.05) is 18.0 Å². The van der Waals surface area contributed by atoms with Crippen LogP contribution in [0.3, 0.4) is 0 Å². The topological polar surface area (TPSA) is 49.4 Å². The first-order valence-electron chi connectivity index (χ1n) is 12.4. The van der Waals surface area contributed by atoms with E-state index in [-0.39, 0.29) is 6.04 Å². The maximum Gasteiger partial charge on any atom is 0.142 e. The number of nitrogens with one attached hydrogen (secondary N) is 1. The Labute approximate surface area is 209 Å². The van der Waals surface area contributed by atoms with E-state index in [9.17, 15) is 9.59 Å². The minimum absolute atomic E-state index is 0.302. The molecule has 1 heterocycles. The summed E-state index contributed by atoms with van der Waals surface area (Å²) in [6, 6.07) is 12.8. The fourth-order valence-electron chi connectivity index (χ4n) is 4.94. The van der Waals surface area contributed by atoms with E-state index in [4.69, 9.17) is 11.6 Å². The van der Waals surface area contributed by atoms with Crippen LogP contribution < -0.4 is 5.32 Å². The largest absolute Gasteiger partial charge is 0.357 e. The Balaban J connectivity index is 1.70. The predicted molar refractivity (Wildman–Crippen MR) is 141 cm³/mol. The molecule has 2 unspecified atom stereocenters. The van der Waals surface area contributed by atoms with Gasteiger partial charge in [-0.1, -0.05) is 54.9 Å². The summed E-state index contributed by atoms with van der Waals surface area (Å²) in [6.45, 7) is 8.02. The molecule has 2 aromatic carbocycles. The lowest BCUT2D eigenvalue weighted by Crippen LogP contribution is -2.31. The molecule has 34 heavy (non-hydrogen) atoms. The number of fused-ring (bicyclic) bond motifs is 1. The molecule has 3 rings (SSSR count). The molecule has 2 atom stereocenters. The van der Waals surface area contributed by atoms with Crippen molar-refractivity contribution in [2.45, 2.75) is 70.4 Å². The Bertz CT molecular complexity index is 1000. The van der Waals surface area contributed by atoms with Gasteiger partial charge in [-0.2, -0.15) is 0 Å². The highest BCUT2D eigenvalue weighted by Crippen LogP contribution is 2.35. The molecule has 2 aromatic rings. The molecule has 0 spiro atoms. The smallest absolute Gasteiger partial charge is 0.142 e. The third-order valence-corrected chi connectivity index (χ3v) is 7.39. The van der Waals surface area contributed by atoms with Crippen LogP contribution in [0.5, 0.6) is 0 Å². The average molecular weight is 481 g/mol. The molecule has 0 saturated carbocycles. The monoisotopic (exact) mass is 480 g/mol. The zero-order valence-corrected chi connectivity index (χ0v) is 21.2. The second-order valence-electron chi connectivity index (χ2n) is 9.36. The number of carbonyl (C=O) groups excluding carboxylic acids is 2.